The number of non-ortho nitro benzene ring substituents is 1. The fourth-order valence-electron chi connectivity index (χ4n) is 2.57. The molecule has 1 unspecified atom stereocenters. The molecule has 5 nitrogen and oxygen atoms in total. The number of nitrogens with zero attached hydrogens (tertiary/aromatic N) is 2. The first-order chi connectivity index (χ1) is 10.2. The van der Waals surface area contributed by atoms with Crippen molar-refractivity contribution in [1.29, 1.82) is 0 Å². The first kappa shape index (κ1) is 16.3. The zero-order valence-corrected chi connectivity index (χ0v) is 13.3. The van der Waals surface area contributed by atoms with E-state index in [1.165, 1.54) is 24.6 Å². The summed E-state index contributed by atoms with van der Waals surface area (Å²) >= 11 is 2.02. The number of thioether (sulfide) groups is 1. The summed E-state index contributed by atoms with van der Waals surface area (Å²) in [6.45, 7) is 6.41. The van der Waals surface area contributed by atoms with Crippen LogP contribution >= 0.6 is 11.8 Å². The van der Waals surface area contributed by atoms with Crippen LogP contribution in [-0.4, -0.2) is 47.5 Å². The van der Waals surface area contributed by atoms with Gasteiger partial charge in [0.2, 0.25) is 0 Å². The third-order valence-corrected chi connectivity index (χ3v) is 4.76. The van der Waals surface area contributed by atoms with Crippen LogP contribution in [0.15, 0.2) is 24.3 Å². The molecule has 0 radical (unpaired) electrons. The topological polar surface area (TPSA) is 58.4 Å². The smallest absolute Gasteiger partial charge is 0.269 e. The standard InChI is InChI=1S/C15H23N3O2S/c1-2-15(13-4-3-5-14(12-13)18(19)20)16-6-7-17-8-10-21-11-9-17/h3-5,12,15-16H,2,6-11H2,1H3. The first-order valence-electron chi connectivity index (χ1n) is 7.48. The number of nitro groups is 1. The van der Waals surface area contributed by atoms with Crippen molar-refractivity contribution in [3.8, 4) is 0 Å². The summed E-state index contributed by atoms with van der Waals surface area (Å²) in [5.41, 5.74) is 1.17. The van der Waals surface area contributed by atoms with E-state index in [1.54, 1.807) is 18.2 Å². The molecule has 1 aromatic rings. The molecule has 0 aromatic heterocycles. The third kappa shape index (κ3) is 4.98. The summed E-state index contributed by atoms with van der Waals surface area (Å²) in [4.78, 5) is 13.0. The van der Waals surface area contributed by atoms with Gasteiger partial charge in [-0.25, -0.2) is 0 Å². The molecule has 0 spiro atoms. The normalized spacial score (nSPS) is 17.6. The van der Waals surface area contributed by atoms with Crippen LogP contribution in [0.4, 0.5) is 5.69 Å². The zero-order valence-electron chi connectivity index (χ0n) is 12.5. The van der Waals surface area contributed by atoms with E-state index >= 15 is 0 Å². The monoisotopic (exact) mass is 309 g/mol. The van der Waals surface area contributed by atoms with Crippen molar-refractivity contribution in [3.05, 3.63) is 39.9 Å². The molecule has 2 rings (SSSR count). The predicted molar refractivity (Wildman–Crippen MR) is 87.9 cm³/mol. The molecule has 1 fully saturated rings. The quantitative estimate of drug-likeness (QED) is 0.620. The number of rotatable bonds is 7. The van der Waals surface area contributed by atoms with Crippen LogP contribution in [0.5, 0.6) is 0 Å². The minimum absolute atomic E-state index is 0.167. The van der Waals surface area contributed by atoms with Crippen LogP contribution in [0.3, 0.4) is 0 Å². The summed E-state index contributed by atoms with van der Waals surface area (Å²) in [5.74, 6) is 2.45. The number of hydrogen-bond donors (Lipinski definition) is 1. The molecule has 1 aliphatic heterocycles. The van der Waals surface area contributed by atoms with Crippen molar-refractivity contribution in [3.63, 3.8) is 0 Å². The largest absolute Gasteiger partial charge is 0.309 e. The molecule has 0 bridgehead atoms. The number of hydrogen-bond acceptors (Lipinski definition) is 5. The minimum Gasteiger partial charge on any atom is -0.309 e. The van der Waals surface area contributed by atoms with Gasteiger partial charge in [-0.05, 0) is 12.0 Å². The van der Waals surface area contributed by atoms with Gasteiger partial charge >= 0.3 is 0 Å². The summed E-state index contributed by atoms with van der Waals surface area (Å²) in [5, 5.41) is 14.4. The average molecular weight is 309 g/mol. The van der Waals surface area contributed by atoms with E-state index in [2.05, 4.69) is 17.1 Å². The molecular formula is C15H23N3O2S. The van der Waals surface area contributed by atoms with Crippen LogP contribution in [-0.2, 0) is 0 Å². The molecule has 1 aliphatic rings. The van der Waals surface area contributed by atoms with Gasteiger partial charge in [0, 0.05) is 55.9 Å². The summed E-state index contributed by atoms with van der Waals surface area (Å²) in [6.07, 6.45) is 0.928. The second-order valence-electron chi connectivity index (χ2n) is 5.22. The van der Waals surface area contributed by atoms with Crippen LogP contribution < -0.4 is 5.32 Å². The lowest BCUT2D eigenvalue weighted by atomic mass is 10.0. The molecule has 0 amide bonds. The highest BCUT2D eigenvalue weighted by atomic mass is 32.2. The first-order valence-corrected chi connectivity index (χ1v) is 8.64. The Morgan fingerprint density at radius 1 is 1.43 bits per heavy atom. The number of benzene rings is 1. The second-order valence-corrected chi connectivity index (χ2v) is 6.45. The van der Waals surface area contributed by atoms with Crippen LogP contribution in [0.25, 0.3) is 0 Å². The van der Waals surface area contributed by atoms with Gasteiger partial charge in [-0.1, -0.05) is 19.1 Å². The predicted octanol–water partition coefficient (Wildman–Crippen LogP) is 2.68. The van der Waals surface area contributed by atoms with Crippen molar-refractivity contribution < 1.29 is 4.92 Å². The maximum Gasteiger partial charge on any atom is 0.269 e. The van der Waals surface area contributed by atoms with E-state index in [9.17, 15) is 10.1 Å². The SMILES string of the molecule is CCC(NCCN1CCSCC1)c1cccc([N+](=O)[O-])c1. The van der Waals surface area contributed by atoms with E-state index in [1.807, 2.05) is 17.8 Å². The highest BCUT2D eigenvalue weighted by molar-refractivity contribution is 7.99. The number of nitro benzene ring substituents is 1. The molecule has 1 heterocycles. The maximum atomic E-state index is 10.9. The van der Waals surface area contributed by atoms with Crippen LogP contribution in [0.2, 0.25) is 0 Å². The van der Waals surface area contributed by atoms with Crippen molar-refractivity contribution in [2.45, 2.75) is 19.4 Å². The van der Waals surface area contributed by atoms with E-state index < -0.39 is 0 Å². The third-order valence-electron chi connectivity index (χ3n) is 3.81. The van der Waals surface area contributed by atoms with Gasteiger partial charge in [0.25, 0.3) is 5.69 Å². The van der Waals surface area contributed by atoms with Crippen molar-refractivity contribution in [1.82, 2.24) is 10.2 Å². The van der Waals surface area contributed by atoms with E-state index in [0.717, 1.165) is 25.1 Å². The Balaban J connectivity index is 1.87. The van der Waals surface area contributed by atoms with Crippen molar-refractivity contribution in [2.75, 3.05) is 37.7 Å². The Hall–Kier alpha value is -1.11. The fourth-order valence-corrected chi connectivity index (χ4v) is 3.55. The van der Waals surface area contributed by atoms with Crippen molar-refractivity contribution >= 4 is 17.4 Å². The Bertz CT molecular complexity index is 464. The van der Waals surface area contributed by atoms with Gasteiger partial charge in [-0.2, -0.15) is 11.8 Å². The Morgan fingerprint density at radius 3 is 2.86 bits per heavy atom. The van der Waals surface area contributed by atoms with E-state index in [0.29, 0.717) is 0 Å². The van der Waals surface area contributed by atoms with Gasteiger partial charge in [0.15, 0.2) is 0 Å². The molecule has 6 heteroatoms. The van der Waals surface area contributed by atoms with Crippen LogP contribution in [0.1, 0.15) is 24.9 Å². The second kappa shape index (κ2) is 8.36. The van der Waals surface area contributed by atoms with Crippen molar-refractivity contribution in [2.24, 2.45) is 0 Å². The molecule has 1 N–H and O–H groups in total. The molecular weight excluding hydrogens is 286 g/mol. The zero-order chi connectivity index (χ0) is 15.1. The van der Waals surface area contributed by atoms with Gasteiger partial charge in [-0.3, -0.25) is 10.1 Å². The lowest BCUT2D eigenvalue weighted by Crippen LogP contribution is -2.38. The summed E-state index contributed by atoms with van der Waals surface area (Å²) in [6, 6.07) is 7.13. The Labute approximate surface area is 130 Å². The minimum atomic E-state index is -0.332. The summed E-state index contributed by atoms with van der Waals surface area (Å²) in [7, 11) is 0. The maximum absolute atomic E-state index is 10.9. The average Bonchev–Trinajstić information content (AvgIpc) is 2.52. The summed E-state index contributed by atoms with van der Waals surface area (Å²) < 4.78 is 0. The molecule has 116 valence electrons. The van der Waals surface area contributed by atoms with Gasteiger partial charge in [0.1, 0.15) is 0 Å². The Kier molecular flexibility index (Phi) is 6.48. The molecule has 0 saturated carbocycles. The number of nitrogens with one attached hydrogen (secondary N) is 1. The van der Waals surface area contributed by atoms with E-state index in [-0.39, 0.29) is 16.7 Å². The highest BCUT2D eigenvalue weighted by Gasteiger charge is 2.14. The molecule has 1 saturated heterocycles. The van der Waals surface area contributed by atoms with Gasteiger partial charge in [-0.15, -0.1) is 0 Å². The highest BCUT2D eigenvalue weighted by Crippen LogP contribution is 2.21. The molecule has 1 aromatic carbocycles. The van der Waals surface area contributed by atoms with Gasteiger partial charge < -0.3 is 10.2 Å². The lowest BCUT2D eigenvalue weighted by molar-refractivity contribution is -0.384. The molecule has 1 atom stereocenters. The fraction of sp³-hybridized carbons (Fsp3) is 0.600. The van der Waals surface area contributed by atoms with E-state index in [4.69, 9.17) is 0 Å². The molecule has 0 aliphatic carbocycles. The lowest BCUT2D eigenvalue weighted by Gasteiger charge is -2.27. The molecule has 21 heavy (non-hydrogen) atoms. The Morgan fingerprint density at radius 2 is 2.19 bits per heavy atom. The van der Waals surface area contributed by atoms with Crippen LogP contribution in [0, 0.1) is 10.1 Å². The van der Waals surface area contributed by atoms with Gasteiger partial charge in [0.05, 0.1) is 4.92 Å².